The van der Waals surface area contributed by atoms with Crippen LogP contribution in [0.2, 0.25) is 0 Å². The zero-order valence-electron chi connectivity index (χ0n) is 6.57. The highest BCUT2D eigenvalue weighted by Crippen LogP contribution is 2.21. The van der Waals surface area contributed by atoms with Crippen molar-refractivity contribution in [2.45, 2.75) is 19.3 Å². The van der Waals surface area contributed by atoms with E-state index in [0.717, 1.165) is 5.69 Å². The molecule has 4 nitrogen and oxygen atoms in total. The molecule has 0 spiro atoms. The summed E-state index contributed by atoms with van der Waals surface area (Å²) in [6, 6.07) is 0. The molecule has 0 fully saturated rings. The minimum absolute atomic E-state index is 0.137. The number of nitrogens with zero attached hydrogens (tertiary/aromatic N) is 2. The van der Waals surface area contributed by atoms with Crippen molar-refractivity contribution >= 4 is 11.5 Å². The van der Waals surface area contributed by atoms with Crippen LogP contribution in [0, 0.1) is 0 Å². The third-order valence-electron chi connectivity index (χ3n) is 1.50. The van der Waals surface area contributed by atoms with E-state index < -0.39 is 0 Å². The van der Waals surface area contributed by atoms with Crippen LogP contribution >= 0.6 is 11.5 Å². The van der Waals surface area contributed by atoms with Gasteiger partial charge in [-0.2, -0.15) is 0 Å². The number of hydrogen-bond acceptors (Lipinski definition) is 5. The Morgan fingerprint density at radius 1 is 1.73 bits per heavy atom. The summed E-state index contributed by atoms with van der Waals surface area (Å²) in [5, 5.41) is 5.84. The summed E-state index contributed by atoms with van der Waals surface area (Å²) < 4.78 is 3.77. The van der Waals surface area contributed by atoms with Gasteiger partial charge in [0.25, 0.3) is 0 Å². The molecule has 0 saturated carbocycles. The van der Waals surface area contributed by atoms with Gasteiger partial charge >= 0.3 is 0 Å². The SMILES string of the molecule is CC(C)(CON)c1csnn1. The second-order valence-electron chi connectivity index (χ2n) is 2.99. The van der Waals surface area contributed by atoms with E-state index in [0.29, 0.717) is 6.61 Å². The molecule has 0 atom stereocenters. The molecule has 1 aromatic heterocycles. The van der Waals surface area contributed by atoms with Gasteiger partial charge in [-0.05, 0) is 11.5 Å². The summed E-state index contributed by atoms with van der Waals surface area (Å²) in [5.74, 6) is 4.98. The normalized spacial score (nSPS) is 11.9. The van der Waals surface area contributed by atoms with Gasteiger partial charge < -0.3 is 4.84 Å². The third kappa shape index (κ3) is 1.95. The average molecular weight is 173 g/mol. The Balaban J connectivity index is 2.73. The maximum atomic E-state index is 4.98. The fraction of sp³-hybridized carbons (Fsp3) is 0.667. The van der Waals surface area contributed by atoms with Gasteiger partial charge in [-0.25, -0.2) is 5.90 Å². The summed E-state index contributed by atoms with van der Waals surface area (Å²) in [6.07, 6.45) is 0. The van der Waals surface area contributed by atoms with Crippen molar-refractivity contribution < 1.29 is 4.84 Å². The van der Waals surface area contributed by atoms with Crippen LogP contribution in [-0.4, -0.2) is 16.2 Å². The van der Waals surface area contributed by atoms with Crippen molar-refractivity contribution in [3.8, 4) is 0 Å². The monoisotopic (exact) mass is 173 g/mol. The van der Waals surface area contributed by atoms with Gasteiger partial charge in [-0.1, -0.05) is 18.3 Å². The van der Waals surface area contributed by atoms with E-state index in [2.05, 4.69) is 14.4 Å². The van der Waals surface area contributed by atoms with Gasteiger partial charge in [0.2, 0.25) is 0 Å². The first-order valence-corrected chi connectivity index (χ1v) is 4.10. The first-order valence-electron chi connectivity index (χ1n) is 3.26. The molecule has 0 unspecified atom stereocenters. The molecule has 0 aliphatic carbocycles. The zero-order chi connectivity index (χ0) is 8.32. The van der Waals surface area contributed by atoms with E-state index in [1.807, 2.05) is 19.2 Å². The first-order chi connectivity index (χ1) is 5.17. The number of aromatic nitrogens is 2. The Bertz CT molecular complexity index is 210. The van der Waals surface area contributed by atoms with Crippen molar-refractivity contribution in [2.24, 2.45) is 5.90 Å². The topological polar surface area (TPSA) is 61.0 Å². The van der Waals surface area contributed by atoms with E-state index in [1.54, 1.807) is 0 Å². The van der Waals surface area contributed by atoms with Gasteiger partial charge in [-0.15, -0.1) is 5.10 Å². The second-order valence-corrected chi connectivity index (χ2v) is 3.59. The lowest BCUT2D eigenvalue weighted by Crippen LogP contribution is -2.26. The van der Waals surface area contributed by atoms with Crippen LogP contribution in [-0.2, 0) is 10.3 Å². The first kappa shape index (κ1) is 8.58. The zero-order valence-corrected chi connectivity index (χ0v) is 7.39. The minimum atomic E-state index is -0.137. The van der Waals surface area contributed by atoms with Crippen LogP contribution in [0.5, 0.6) is 0 Å². The van der Waals surface area contributed by atoms with Gasteiger partial charge in [0.15, 0.2) is 0 Å². The molecular weight excluding hydrogens is 162 g/mol. The molecule has 5 heteroatoms. The van der Waals surface area contributed by atoms with Crippen molar-refractivity contribution in [1.29, 1.82) is 0 Å². The summed E-state index contributed by atoms with van der Waals surface area (Å²) in [6.45, 7) is 4.48. The highest BCUT2D eigenvalue weighted by Gasteiger charge is 2.23. The molecule has 62 valence electrons. The standard InChI is InChI=1S/C6H11N3OS/c1-6(2,4-10-7)5-3-11-9-8-5/h3H,4,7H2,1-2H3. The third-order valence-corrected chi connectivity index (χ3v) is 2.00. The minimum Gasteiger partial charge on any atom is -0.304 e. The predicted octanol–water partition coefficient (Wildman–Crippen LogP) is 0.706. The molecule has 0 bridgehead atoms. The van der Waals surface area contributed by atoms with E-state index >= 15 is 0 Å². The molecule has 0 saturated heterocycles. The molecule has 1 heterocycles. The largest absolute Gasteiger partial charge is 0.304 e. The van der Waals surface area contributed by atoms with Gasteiger partial charge in [0, 0.05) is 10.8 Å². The molecule has 0 aromatic carbocycles. The van der Waals surface area contributed by atoms with Crippen LogP contribution in [0.4, 0.5) is 0 Å². The maximum absolute atomic E-state index is 4.98. The van der Waals surface area contributed by atoms with Crippen molar-refractivity contribution in [1.82, 2.24) is 9.59 Å². The molecular formula is C6H11N3OS. The van der Waals surface area contributed by atoms with Crippen LogP contribution < -0.4 is 5.90 Å². The number of nitrogens with two attached hydrogens (primary N) is 1. The molecule has 0 amide bonds. The Morgan fingerprint density at radius 3 is 2.91 bits per heavy atom. The molecule has 2 N–H and O–H groups in total. The summed E-state index contributed by atoms with van der Waals surface area (Å²) in [4.78, 5) is 4.57. The Hall–Kier alpha value is -0.520. The lowest BCUT2D eigenvalue weighted by atomic mass is 9.92. The summed E-state index contributed by atoms with van der Waals surface area (Å²) >= 11 is 1.33. The van der Waals surface area contributed by atoms with E-state index in [4.69, 9.17) is 5.90 Å². The Labute approximate surface area is 69.5 Å². The highest BCUT2D eigenvalue weighted by molar-refractivity contribution is 7.03. The van der Waals surface area contributed by atoms with Crippen molar-refractivity contribution in [3.63, 3.8) is 0 Å². The average Bonchev–Trinajstić information content (AvgIpc) is 2.37. The number of rotatable bonds is 3. The maximum Gasteiger partial charge on any atom is 0.0835 e. The molecule has 0 aliphatic heterocycles. The predicted molar refractivity (Wildman–Crippen MR) is 43.1 cm³/mol. The Morgan fingerprint density at radius 2 is 2.45 bits per heavy atom. The fourth-order valence-corrected chi connectivity index (χ4v) is 1.39. The van der Waals surface area contributed by atoms with Crippen molar-refractivity contribution in [3.05, 3.63) is 11.1 Å². The fourth-order valence-electron chi connectivity index (χ4n) is 0.742. The lowest BCUT2D eigenvalue weighted by molar-refractivity contribution is 0.0949. The summed E-state index contributed by atoms with van der Waals surface area (Å²) in [5.41, 5.74) is 0.787. The van der Waals surface area contributed by atoms with Crippen LogP contribution in [0.15, 0.2) is 5.38 Å². The van der Waals surface area contributed by atoms with Gasteiger partial charge in [-0.3, -0.25) is 0 Å². The van der Waals surface area contributed by atoms with E-state index in [-0.39, 0.29) is 5.41 Å². The summed E-state index contributed by atoms with van der Waals surface area (Å²) in [7, 11) is 0. The van der Waals surface area contributed by atoms with Crippen LogP contribution in [0.3, 0.4) is 0 Å². The second kappa shape index (κ2) is 3.25. The molecule has 0 aliphatic rings. The molecule has 11 heavy (non-hydrogen) atoms. The quantitative estimate of drug-likeness (QED) is 0.684. The van der Waals surface area contributed by atoms with Gasteiger partial charge in [0.1, 0.15) is 0 Å². The van der Waals surface area contributed by atoms with Crippen LogP contribution in [0.25, 0.3) is 0 Å². The Kier molecular flexibility index (Phi) is 2.53. The highest BCUT2D eigenvalue weighted by atomic mass is 32.1. The van der Waals surface area contributed by atoms with Gasteiger partial charge in [0.05, 0.1) is 12.3 Å². The van der Waals surface area contributed by atoms with Crippen molar-refractivity contribution in [2.75, 3.05) is 6.61 Å². The molecule has 1 rings (SSSR count). The smallest absolute Gasteiger partial charge is 0.0835 e. The van der Waals surface area contributed by atoms with Crippen LogP contribution in [0.1, 0.15) is 19.5 Å². The molecule has 1 aromatic rings. The van der Waals surface area contributed by atoms with E-state index in [9.17, 15) is 0 Å². The molecule has 0 radical (unpaired) electrons. The van der Waals surface area contributed by atoms with E-state index in [1.165, 1.54) is 11.5 Å². The lowest BCUT2D eigenvalue weighted by Gasteiger charge is -2.19. The number of hydrogen-bond donors (Lipinski definition) is 1.